The van der Waals surface area contributed by atoms with Crippen molar-refractivity contribution in [3.63, 3.8) is 0 Å². The van der Waals surface area contributed by atoms with Gasteiger partial charge in [-0.15, -0.1) is 0 Å². The SMILES string of the molecule is CC[C@H](C)[C@H](NC(=O)[C@H](Cc1ccccc1)NC(=O)[C@@H]1CCCN1C(=O)[C@@H]1CCCN1C(=O)[C@@H](N)CC(C)C)C(=O)N1CCC[C@H]1C(=O)N[C@@H](Cc1ccccc1)C(=O)N[C@H](C(=O)O)C(C)C. The second-order valence-corrected chi connectivity index (χ2v) is 19.2. The number of amides is 7. The Morgan fingerprint density at radius 3 is 1.49 bits per heavy atom. The van der Waals surface area contributed by atoms with Crippen LogP contribution in [-0.4, -0.2) is 135 Å². The van der Waals surface area contributed by atoms with E-state index in [1.54, 1.807) is 43.0 Å². The largest absolute Gasteiger partial charge is 0.480 e. The number of carbonyl (C=O) groups is 8. The summed E-state index contributed by atoms with van der Waals surface area (Å²) in [6, 6.07) is 10.2. The lowest BCUT2D eigenvalue weighted by molar-refractivity contribution is -0.147. The summed E-state index contributed by atoms with van der Waals surface area (Å²) >= 11 is 0. The molecule has 0 spiro atoms. The van der Waals surface area contributed by atoms with Gasteiger partial charge < -0.3 is 46.8 Å². The maximum absolute atomic E-state index is 14.6. The van der Waals surface area contributed by atoms with Gasteiger partial charge >= 0.3 is 5.97 Å². The van der Waals surface area contributed by atoms with Gasteiger partial charge in [-0.1, -0.05) is 109 Å². The van der Waals surface area contributed by atoms with Crippen LogP contribution in [0.15, 0.2) is 60.7 Å². The minimum atomic E-state index is -1.21. The van der Waals surface area contributed by atoms with Crippen molar-refractivity contribution in [1.82, 2.24) is 36.0 Å². The van der Waals surface area contributed by atoms with Crippen molar-refractivity contribution < 1.29 is 43.5 Å². The normalized spacial score (nSPS) is 21.0. The Hall–Kier alpha value is -5.84. The van der Waals surface area contributed by atoms with Crippen molar-refractivity contribution in [3.8, 4) is 0 Å². The first kappa shape index (κ1) is 52.1. The molecule has 0 saturated carbocycles. The minimum absolute atomic E-state index is 0.0716. The molecule has 3 aliphatic rings. The Morgan fingerprint density at radius 2 is 1.04 bits per heavy atom. The molecule has 0 aliphatic carbocycles. The first-order valence-electron chi connectivity index (χ1n) is 24.1. The van der Waals surface area contributed by atoms with E-state index in [0.29, 0.717) is 64.5 Å². The Kier molecular flexibility index (Phi) is 18.9. The maximum atomic E-state index is 14.6. The van der Waals surface area contributed by atoms with E-state index in [4.69, 9.17) is 5.73 Å². The van der Waals surface area contributed by atoms with Crippen LogP contribution >= 0.6 is 0 Å². The van der Waals surface area contributed by atoms with Crippen molar-refractivity contribution in [2.24, 2.45) is 23.5 Å². The zero-order chi connectivity index (χ0) is 48.9. The lowest BCUT2D eigenvalue weighted by Crippen LogP contribution is -2.61. The summed E-state index contributed by atoms with van der Waals surface area (Å²) in [5.41, 5.74) is 7.75. The molecule has 2 aromatic rings. The van der Waals surface area contributed by atoms with Crippen LogP contribution in [0.3, 0.4) is 0 Å². The second kappa shape index (κ2) is 24.3. The molecule has 0 aromatic heterocycles. The molecule has 17 heteroatoms. The Morgan fingerprint density at radius 1 is 0.612 bits per heavy atom. The number of benzene rings is 2. The number of rotatable bonds is 21. The molecule has 366 valence electrons. The summed E-state index contributed by atoms with van der Waals surface area (Å²) in [4.78, 5) is 115. The lowest BCUT2D eigenvalue weighted by Gasteiger charge is -2.34. The van der Waals surface area contributed by atoms with Crippen molar-refractivity contribution in [1.29, 1.82) is 0 Å². The standard InChI is InChI=1S/C50H72N8O9/c1-7-32(6)42(49(65)57-25-15-22-39(57)46(62)52-36(28-33-17-10-8-11-18-33)43(59)54-41(31(4)5)50(66)67)55-44(60)37(29-34-19-12-9-13-20-34)53-45(61)38-21-14-24-56(38)48(64)40-23-16-26-58(40)47(63)35(51)27-30(2)3/h8-13,17-20,30-32,35-42H,7,14-16,21-29,51H2,1-6H3,(H,52,62)(H,53,61)(H,54,59)(H,55,60)(H,66,67)/t32-,35-,36-,37-,38-,39-,40-,41-,42-/m0/s1. The zero-order valence-corrected chi connectivity index (χ0v) is 39.9. The summed E-state index contributed by atoms with van der Waals surface area (Å²) in [7, 11) is 0. The van der Waals surface area contributed by atoms with E-state index >= 15 is 0 Å². The van der Waals surface area contributed by atoms with Crippen molar-refractivity contribution in [2.45, 2.75) is 154 Å². The number of likely N-dealkylation sites (tertiary alicyclic amines) is 3. The summed E-state index contributed by atoms with van der Waals surface area (Å²) in [5.74, 6) is -5.31. The number of carboxylic acid groups (broad SMARTS) is 1. The number of nitrogens with zero attached hydrogens (tertiary/aromatic N) is 3. The summed E-state index contributed by atoms with van der Waals surface area (Å²) < 4.78 is 0. The highest BCUT2D eigenvalue weighted by Gasteiger charge is 2.45. The van der Waals surface area contributed by atoms with E-state index < -0.39 is 95.7 Å². The fourth-order valence-electron chi connectivity index (χ4n) is 9.44. The van der Waals surface area contributed by atoms with Crippen LogP contribution in [0.4, 0.5) is 0 Å². The fourth-order valence-corrected chi connectivity index (χ4v) is 9.44. The number of hydrogen-bond acceptors (Lipinski definition) is 9. The smallest absolute Gasteiger partial charge is 0.326 e. The van der Waals surface area contributed by atoms with E-state index in [1.807, 2.05) is 64.1 Å². The number of hydrogen-bond donors (Lipinski definition) is 6. The van der Waals surface area contributed by atoms with Crippen LogP contribution in [0.1, 0.15) is 104 Å². The molecule has 0 radical (unpaired) electrons. The molecule has 2 aromatic carbocycles. The highest BCUT2D eigenvalue weighted by Crippen LogP contribution is 2.27. The zero-order valence-electron chi connectivity index (χ0n) is 39.9. The van der Waals surface area contributed by atoms with Gasteiger partial charge in [0.2, 0.25) is 41.4 Å². The fraction of sp³-hybridized carbons (Fsp3) is 0.600. The maximum Gasteiger partial charge on any atom is 0.326 e. The number of nitrogens with one attached hydrogen (secondary N) is 4. The predicted molar refractivity (Wildman–Crippen MR) is 252 cm³/mol. The van der Waals surface area contributed by atoms with Crippen LogP contribution in [0.25, 0.3) is 0 Å². The van der Waals surface area contributed by atoms with Gasteiger partial charge in [-0.3, -0.25) is 33.6 Å². The molecule has 3 saturated heterocycles. The average Bonchev–Trinajstić information content (AvgIpc) is 4.11. The summed E-state index contributed by atoms with van der Waals surface area (Å²) in [6.07, 6.45) is 3.92. The highest BCUT2D eigenvalue weighted by molar-refractivity contribution is 5.98. The molecule has 3 heterocycles. The second-order valence-electron chi connectivity index (χ2n) is 19.2. The molecule has 5 rings (SSSR count). The molecule has 3 aliphatic heterocycles. The van der Waals surface area contributed by atoms with Crippen LogP contribution in [0.2, 0.25) is 0 Å². The molecular weight excluding hydrogens is 857 g/mol. The van der Waals surface area contributed by atoms with Crippen molar-refractivity contribution in [3.05, 3.63) is 71.8 Å². The van der Waals surface area contributed by atoms with Gasteiger partial charge in [0.15, 0.2) is 0 Å². The molecule has 0 unspecified atom stereocenters. The van der Waals surface area contributed by atoms with E-state index in [1.165, 1.54) is 9.80 Å². The van der Waals surface area contributed by atoms with E-state index in [0.717, 1.165) is 11.1 Å². The third-order valence-electron chi connectivity index (χ3n) is 13.4. The minimum Gasteiger partial charge on any atom is -0.480 e. The van der Waals surface area contributed by atoms with Gasteiger partial charge in [-0.25, -0.2) is 4.79 Å². The first-order chi connectivity index (χ1) is 31.9. The summed E-state index contributed by atoms with van der Waals surface area (Å²) in [6.45, 7) is 11.9. The van der Waals surface area contributed by atoms with E-state index in [-0.39, 0.29) is 37.1 Å². The van der Waals surface area contributed by atoms with Crippen LogP contribution in [0, 0.1) is 17.8 Å². The number of carboxylic acids is 1. The van der Waals surface area contributed by atoms with Gasteiger partial charge in [0.25, 0.3) is 0 Å². The predicted octanol–water partition coefficient (Wildman–Crippen LogP) is 2.54. The van der Waals surface area contributed by atoms with Crippen molar-refractivity contribution >= 4 is 47.3 Å². The highest BCUT2D eigenvalue weighted by atomic mass is 16.4. The van der Waals surface area contributed by atoms with Crippen LogP contribution in [0.5, 0.6) is 0 Å². The topological polar surface area (TPSA) is 241 Å². The average molecular weight is 929 g/mol. The monoisotopic (exact) mass is 929 g/mol. The van der Waals surface area contributed by atoms with E-state index in [9.17, 15) is 43.5 Å². The van der Waals surface area contributed by atoms with Gasteiger partial charge in [0.1, 0.15) is 42.3 Å². The van der Waals surface area contributed by atoms with Gasteiger partial charge in [-0.05, 0) is 73.8 Å². The Bertz CT molecular complexity index is 2050. The molecule has 3 fully saturated rings. The molecule has 7 N–H and O–H groups in total. The van der Waals surface area contributed by atoms with E-state index in [2.05, 4.69) is 21.3 Å². The van der Waals surface area contributed by atoms with Crippen molar-refractivity contribution in [2.75, 3.05) is 19.6 Å². The first-order valence-corrected chi connectivity index (χ1v) is 24.1. The Labute approximate surface area is 394 Å². The molecule has 17 nitrogen and oxygen atoms in total. The Balaban J connectivity index is 1.33. The number of aliphatic carboxylic acids is 1. The molecule has 67 heavy (non-hydrogen) atoms. The molecule has 0 bridgehead atoms. The van der Waals surface area contributed by atoms with Gasteiger partial charge in [0, 0.05) is 32.5 Å². The van der Waals surface area contributed by atoms with Gasteiger partial charge in [0.05, 0.1) is 6.04 Å². The third-order valence-corrected chi connectivity index (χ3v) is 13.4. The number of nitrogens with two attached hydrogens (primary N) is 1. The number of carbonyl (C=O) groups excluding carboxylic acids is 7. The quantitative estimate of drug-likeness (QED) is 0.107. The lowest BCUT2D eigenvalue weighted by atomic mass is 9.96. The molecule has 9 atom stereocenters. The van der Waals surface area contributed by atoms with Crippen LogP contribution in [-0.2, 0) is 51.2 Å². The third kappa shape index (κ3) is 13.6. The van der Waals surface area contributed by atoms with Gasteiger partial charge in [-0.2, -0.15) is 0 Å². The molecular formula is C50H72N8O9. The summed E-state index contributed by atoms with van der Waals surface area (Å²) in [5, 5.41) is 21.0. The molecule has 7 amide bonds. The van der Waals surface area contributed by atoms with Crippen LogP contribution < -0.4 is 27.0 Å².